The van der Waals surface area contributed by atoms with Gasteiger partial charge in [-0.25, -0.2) is 0 Å². The van der Waals surface area contributed by atoms with Gasteiger partial charge in [0.25, 0.3) is 0 Å². The van der Waals surface area contributed by atoms with Gasteiger partial charge in [-0.3, -0.25) is 0 Å². The molecule has 0 radical (unpaired) electrons. The zero-order chi connectivity index (χ0) is 12.1. The maximum absolute atomic E-state index is 5.12. The Balaban J connectivity index is 2.98. The van der Waals surface area contributed by atoms with Crippen LogP contribution in [0, 0.1) is 5.92 Å². The Kier molecular flexibility index (Phi) is 12.9. The molecule has 0 saturated heterocycles. The molecule has 0 rings (SSSR count). The molecule has 1 unspecified atom stereocenters. The fraction of sp³-hybridized carbons (Fsp3) is 1.00. The summed E-state index contributed by atoms with van der Waals surface area (Å²) in [4.78, 5) is 0. The first-order valence-corrected chi connectivity index (χ1v) is 6.79. The minimum absolute atomic E-state index is 0.728. The first-order valence-electron chi connectivity index (χ1n) is 6.79. The Labute approximate surface area is 102 Å². The van der Waals surface area contributed by atoms with Gasteiger partial charge in [0, 0.05) is 27.4 Å². The van der Waals surface area contributed by atoms with Crippen molar-refractivity contribution in [2.75, 3.05) is 27.4 Å². The summed E-state index contributed by atoms with van der Waals surface area (Å²) in [7, 11) is 3.57. The number of hydrogen-bond acceptors (Lipinski definition) is 2. The third kappa shape index (κ3) is 12.0. The number of methoxy groups -OCH3 is 2. The summed E-state index contributed by atoms with van der Waals surface area (Å²) in [5.41, 5.74) is 0. The van der Waals surface area contributed by atoms with E-state index in [0.717, 1.165) is 19.1 Å². The fourth-order valence-corrected chi connectivity index (χ4v) is 1.99. The second-order valence-electron chi connectivity index (χ2n) is 4.82. The molecule has 0 aliphatic rings. The van der Waals surface area contributed by atoms with Crippen molar-refractivity contribution in [3.05, 3.63) is 0 Å². The molecular weight excluding hydrogens is 200 g/mol. The number of unbranched alkanes of at least 4 members (excludes halogenated alkanes) is 6. The van der Waals surface area contributed by atoms with Crippen LogP contribution in [0.25, 0.3) is 0 Å². The minimum atomic E-state index is 0.728. The van der Waals surface area contributed by atoms with E-state index >= 15 is 0 Å². The van der Waals surface area contributed by atoms with Crippen LogP contribution in [0.1, 0.15) is 58.3 Å². The highest BCUT2D eigenvalue weighted by atomic mass is 16.5. The standard InChI is InChI=1S/C14H30O2/c1-14(13-16-3)11-9-7-5-4-6-8-10-12-15-2/h14H,4-13H2,1-3H3. The van der Waals surface area contributed by atoms with Gasteiger partial charge >= 0.3 is 0 Å². The third-order valence-corrected chi connectivity index (χ3v) is 3.00. The van der Waals surface area contributed by atoms with E-state index in [-0.39, 0.29) is 0 Å². The van der Waals surface area contributed by atoms with Crippen LogP contribution in [-0.2, 0) is 9.47 Å². The van der Waals surface area contributed by atoms with Crippen molar-refractivity contribution in [2.24, 2.45) is 5.92 Å². The molecule has 0 saturated carbocycles. The van der Waals surface area contributed by atoms with Crippen LogP contribution in [0.4, 0.5) is 0 Å². The maximum atomic E-state index is 5.12. The van der Waals surface area contributed by atoms with Gasteiger partial charge in [-0.2, -0.15) is 0 Å². The van der Waals surface area contributed by atoms with E-state index in [4.69, 9.17) is 9.47 Å². The van der Waals surface area contributed by atoms with Crippen LogP contribution in [0.5, 0.6) is 0 Å². The van der Waals surface area contributed by atoms with Gasteiger partial charge in [-0.1, -0.05) is 45.4 Å². The molecule has 2 heteroatoms. The van der Waals surface area contributed by atoms with Gasteiger partial charge in [0.15, 0.2) is 0 Å². The average Bonchev–Trinajstić information content (AvgIpc) is 2.27. The molecule has 98 valence electrons. The van der Waals surface area contributed by atoms with Crippen LogP contribution in [-0.4, -0.2) is 27.4 Å². The van der Waals surface area contributed by atoms with Gasteiger partial charge in [-0.15, -0.1) is 0 Å². The second kappa shape index (κ2) is 13.0. The molecule has 16 heavy (non-hydrogen) atoms. The number of ether oxygens (including phenoxy) is 2. The predicted molar refractivity (Wildman–Crippen MR) is 69.9 cm³/mol. The molecule has 2 nitrogen and oxygen atoms in total. The molecule has 0 N–H and O–H groups in total. The highest BCUT2D eigenvalue weighted by molar-refractivity contribution is 4.52. The molecule has 0 aromatic carbocycles. The molecule has 0 fully saturated rings. The van der Waals surface area contributed by atoms with Crippen LogP contribution in [0.15, 0.2) is 0 Å². The number of hydrogen-bond donors (Lipinski definition) is 0. The summed E-state index contributed by atoms with van der Waals surface area (Å²) in [6.07, 6.45) is 10.8. The first kappa shape index (κ1) is 15.9. The Morgan fingerprint density at radius 1 is 0.750 bits per heavy atom. The van der Waals surface area contributed by atoms with Crippen LogP contribution < -0.4 is 0 Å². The van der Waals surface area contributed by atoms with E-state index in [0.29, 0.717) is 0 Å². The lowest BCUT2D eigenvalue weighted by Gasteiger charge is -2.09. The Morgan fingerprint density at radius 3 is 1.88 bits per heavy atom. The van der Waals surface area contributed by atoms with Crippen LogP contribution in [0.3, 0.4) is 0 Å². The SMILES string of the molecule is COCCCCCCCCCC(C)COC. The van der Waals surface area contributed by atoms with Gasteiger partial charge in [-0.05, 0) is 18.8 Å². The van der Waals surface area contributed by atoms with E-state index < -0.39 is 0 Å². The average molecular weight is 230 g/mol. The molecule has 0 aromatic heterocycles. The molecule has 0 amide bonds. The van der Waals surface area contributed by atoms with Crippen LogP contribution in [0.2, 0.25) is 0 Å². The second-order valence-corrected chi connectivity index (χ2v) is 4.82. The van der Waals surface area contributed by atoms with Gasteiger partial charge < -0.3 is 9.47 Å². The van der Waals surface area contributed by atoms with Crippen molar-refractivity contribution < 1.29 is 9.47 Å². The van der Waals surface area contributed by atoms with Crippen molar-refractivity contribution in [3.63, 3.8) is 0 Å². The fourth-order valence-electron chi connectivity index (χ4n) is 1.99. The number of rotatable bonds is 12. The lowest BCUT2D eigenvalue weighted by atomic mass is 10.0. The van der Waals surface area contributed by atoms with E-state index in [1.807, 2.05) is 0 Å². The molecule has 0 heterocycles. The summed E-state index contributed by atoms with van der Waals surface area (Å²) in [5.74, 6) is 0.728. The van der Waals surface area contributed by atoms with Crippen molar-refractivity contribution >= 4 is 0 Å². The van der Waals surface area contributed by atoms with E-state index in [9.17, 15) is 0 Å². The summed E-state index contributed by atoms with van der Waals surface area (Å²) < 4.78 is 10.1. The topological polar surface area (TPSA) is 18.5 Å². The molecular formula is C14H30O2. The molecule has 0 bridgehead atoms. The Hall–Kier alpha value is -0.0800. The maximum Gasteiger partial charge on any atom is 0.0487 e. The zero-order valence-electron chi connectivity index (χ0n) is 11.5. The van der Waals surface area contributed by atoms with Crippen molar-refractivity contribution in [2.45, 2.75) is 58.3 Å². The lowest BCUT2D eigenvalue weighted by molar-refractivity contribution is 0.154. The van der Waals surface area contributed by atoms with E-state index in [2.05, 4.69) is 6.92 Å². The summed E-state index contributed by atoms with van der Waals surface area (Å²) in [6, 6.07) is 0. The highest BCUT2D eigenvalue weighted by Gasteiger charge is 2.00. The van der Waals surface area contributed by atoms with Crippen molar-refractivity contribution in [3.8, 4) is 0 Å². The summed E-state index contributed by atoms with van der Waals surface area (Å²) in [6.45, 7) is 4.11. The third-order valence-electron chi connectivity index (χ3n) is 3.00. The lowest BCUT2D eigenvalue weighted by Crippen LogP contribution is -2.02. The largest absolute Gasteiger partial charge is 0.385 e. The minimum Gasteiger partial charge on any atom is -0.385 e. The van der Waals surface area contributed by atoms with Crippen molar-refractivity contribution in [1.29, 1.82) is 0 Å². The van der Waals surface area contributed by atoms with E-state index in [1.165, 1.54) is 51.4 Å². The monoisotopic (exact) mass is 230 g/mol. The smallest absolute Gasteiger partial charge is 0.0487 e. The summed E-state index contributed by atoms with van der Waals surface area (Å²) in [5, 5.41) is 0. The van der Waals surface area contributed by atoms with Crippen LogP contribution >= 0.6 is 0 Å². The Bertz CT molecular complexity index is 126. The molecule has 1 atom stereocenters. The van der Waals surface area contributed by atoms with Crippen molar-refractivity contribution in [1.82, 2.24) is 0 Å². The zero-order valence-corrected chi connectivity index (χ0v) is 11.5. The molecule has 0 aliphatic carbocycles. The normalized spacial score (nSPS) is 12.9. The predicted octanol–water partition coefficient (Wildman–Crippen LogP) is 4.04. The molecule has 0 aliphatic heterocycles. The van der Waals surface area contributed by atoms with Gasteiger partial charge in [0.2, 0.25) is 0 Å². The van der Waals surface area contributed by atoms with Gasteiger partial charge in [0.05, 0.1) is 0 Å². The quantitative estimate of drug-likeness (QED) is 0.471. The first-order chi connectivity index (χ1) is 7.81. The molecule has 0 spiro atoms. The highest BCUT2D eigenvalue weighted by Crippen LogP contribution is 2.12. The summed E-state index contributed by atoms with van der Waals surface area (Å²) >= 11 is 0. The molecule has 0 aromatic rings. The van der Waals surface area contributed by atoms with E-state index in [1.54, 1.807) is 14.2 Å². The van der Waals surface area contributed by atoms with Gasteiger partial charge in [0.1, 0.15) is 0 Å². The Morgan fingerprint density at radius 2 is 1.31 bits per heavy atom.